The Morgan fingerprint density at radius 2 is 1.83 bits per heavy atom. The molecule has 1 atom stereocenters. The van der Waals surface area contributed by atoms with Gasteiger partial charge in [0.1, 0.15) is 13.2 Å². The number of fused-ring (bicyclic) bond motifs is 1. The highest BCUT2D eigenvalue weighted by molar-refractivity contribution is 9.10. The Bertz CT molecular complexity index is 571. The second-order valence-electron chi connectivity index (χ2n) is 5.90. The molecule has 1 aromatic rings. The molecule has 0 fully saturated rings. The summed E-state index contributed by atoms with van der Waals surface area (Å²) in [5, 5.41) is 3.09. The molecule has 1 heterocycles. The SMILES string of the molecule is CCC(CC)(CN)C(=O)NC(C)c1cc2c(cc1Br)OCCO2.Cl. The number of rotatable bonds is 6. The number of amides is 1. The third kappa shape index (κ3) is 4.16. The van der Waals surface area contributed by atoms with E-state index in [0.717, 1.165) is 28.6 Å². The number of nitrogens with one attached hydrogen (secondary N) is 1. The molecule has 24 heavy (non-hydrogen) atoms. The van der Waals surface area contributed by atoms with Crippen LogP contribution in [0.2, 0.25) is 0 Å². The molecule has 0 spiro atoms. The smallest absolute Gasteiger partial charge is 0.227 e. The van der Waals surface area contributed by atoms with Crippen LogP contribution in [0.25, 0.3) is 0 Å². The van der Waals surface area contributed by atoms with Crippen molar-refractivity contribution in [2.75, 3.05) is 19.8 Å². The van der Waals surface area contributed by atoms with Crippen molar-refractivity contribution in [2.24, 2.45) is 11.1 Å². The number of hydrogen-bond donors (Lipinski definition) is 2. The molecule has 5 nitrogen and oxygen atoms in total. The summed E-state index contributed by atoms with van der Waals surface area (Å²) >= 11 is 3.56. The average Bonchev–Trinajstić information content (AvgIpc) is 2.56. The van der Waals surface area contributed by atoms with E-state index in [2.05, 4.69) is 21.2 Å². The Balaban J connectivity index is 0.00000288. The molecule has 1 aliphatic rings. The van der Waals surface area contributed by atoms with E-state index in [-0.39, 0.29) is 24.4 Å². The van der Waals surface area contributed by atoms with E-state index >= 15 is 0 Å². The van der Waals surface area contributed by atoms with Gasteiger partial charge in [-0.05, 0) is 37.5 Å². The van der Waals surface area contributed by atoms with Crippen LogP contribution in [-0.2, 0) is 4.79 Å². The van der Waals surface area contributed by atoms with Gasteiger partial charge in [-0.2, -0.15) is 0 Å². The van der Waals surface area contributed by atoms with Gasteiger partial charge >= 0.3 is 0 Å². The molecule has 0 aliphatic carbocycles. The predicted molar refractivity (Wildman–Crippen MR) is 101 cm³/mol. The van der Waals surface area contributed by atoms with Gasteiger partial charge in [0.05, 0.1) is 11.5 Å². The van der Waals surface area contributed by atoms with Crippen LogP contribution in [0.3, 0.4) is 0 Å². The first-order chi connectivity index (χ1) is 11.0. The second-order valence-corrected chi connectivity index (χ2v) is 6.76. The number of benzene rings is 1. The molecular formula is C17H26BrClN2O3. The number of halogens is 2. The van der Waals surface area contributed by atoms with Crippen LogP contribution in [0.15, 0.2) is 16.6 Å². The van der Waals surface area contributed by atoms with Gasteiger partial charge in [0.15, 0.2) is 11.5 Å². The quantitative estimate of drug-likeness (QED) is 0.736. The highest BCUT2D eigenvalue weighted by Crippen LogP contribution is 2.38. The highest BCUT2D eigenvalue weighted by atomic mass is 79.9. The molecule has 0 radical (unpaired) electrons. The molecule has 0 saturated carbocycles. The van der Waals surface area contributed by atoms with Crippen LogP contribution in [-0.4, -0.2) is 25.7 Å². The van der Waals surface area contributed by atoms with Gasteiger partial charge in [0.2, 0.25) is 5.91 Å². The number of carbonyl (C=O) groups excluding carboxylic acids is 1. The molecule has 0 aromatic heterocycles. The van der Waals surface area contributed by atoms with E-state index in [1.165, 1.54) is 0 Å². The van der Waals surface area contributed by atoms with Crippen molar-refractivity contribution in [2.45, 2.75) is 39.7 Å². The molecule has 0 bridgehead atoms. The third-order valence-corrected chi connectivity index (χ3v) is 5.39. The summed E-state index contributed by atoms with van der Waals surface area (Å²) in [4.78, 5) is 12.7. The maximum atomic E-state index is 12.7. The van der Waals surface area contributed by atoms with Gasteiger partial charge in [-0.15, -0.1) is 12.4 Å². The summed E-state index contributed by atoms with van der Waals surface area (Å²) in [5.74, 6) is 1.44. The van der Waals surface area contributed by atoms with Gasteiger partial charge in [0.25, 0.3) is 0 Å². The lowest BCUT2D eigenvalue weighted by atomic mass is 9.81. The highest BCUT2D eigenvalue weighted by Gasteiger charge is 2.34. The Hall–Kier alpha value is -0.980. The second kappa shape index (κ2) is 8.92. The zero-order valence-corrected chi connectivity index (χ0v) is 16.8. The zero-order chi connectivity index (χ0) is 17.0. The molecule has 3 N–H and O–H groups in total. The number of nitrogens with two attached hydrogens (primary N) is 1. The molecule has 0 saturated heterocycles. The van der Waals surface area contributed by atoms with E-state index in [1.807, 2.05) is 32.9 Å². The van der Waals surface area contributed by atoms with Crippen molar-refractivity contribution < 1.29 is 14.3 Å². The number of ether oxygens (including phenoxy) is 2. The molecule has 2 rings (SSSR count). The summed E-state index contributed by atoms with van der Waals surface area (Å²) in [7, 11) is 0. The molecule has 136 valence electrons. The van der Waals surface area contributed by atoms with Gasteiger partial charge in [0, 0.05) is 11.0 Å². The zero-order valence-electron chi connectivity index (χ0n) is 14.4. The molecule has 1 unspecified atom stereocenters. The minimum Gasteiger partial charge on any atom is -0.486 e. The topological polar surface area (TPSA) is 73.6 Å². The number of hydrogen-bond acceptors (Lipinski definition) is 4. The van der Waals surface area contributed by atoms with Gasteiger partial charge in [-0.3, -0.25) is 4.79 Å². The van der Waals surface area contributed by atoms with Gasteiger partial charge in [-0.25, -0.2) is 0 Å². The lowest BCUT2D eigenvalue weighted by molar-refractivity contribution is -0.131. The van der Waals surface area contributed by atoms with Crippen LogP contribution in [0, 0.1) is 5.41 Å². The summed E-state index contributed by atoms with van der Waals surface area (Å²) in [6, 6.07) is 3.66. The molecule has 1 aromatic carbocycles. The summed E-state index contributed by atoms with van der Waals surface area (Å²) in [5.41, 5.74) is 6.31. The lowest BCUT2D eigenvalue weighted by Crippen LogP contribution is -2.46. The fourth-order valence-corrected chi connectivity index (χ4v) is 3.46. The molecule has 1 amide bonds. The molecule has 1 aliphatic heterocycles. The van der Waals surface area contributed by atoms with E-state index in [0.29, 0.717) is 25.5 Å². The Morgan fingerprint density at radius 1 is 1.29 bits per heavy atom. The van der Waals surface area contributed by atoms with Crippen molar-refractivity contribution in [1.82, 2.24) is 5.32 Å². The van der Waals surface area contributed by atoms with Crippen LogP contribution in [0.5, 0.6) is 11.5 Å². The van der Waals surface area contributed by atoms with Crippen molar-refractivity contribution in [1.29, 1.82) is 0 Å². The molecular weight excluding hydrogens is 396 g/mol. The average molecular weight is 422 g/mol. The Morgan fingerprint density at radius 3 is 2.33 bits per heavy atom. The third-order valence-electron chi connectivity index (χ3n) is 4.70. The van der Waals surface area contributed by atoms with Crippen molar-refractivity contribution >= 4 is 34.2 Å². The minimum atomic E-state index is -0.505. The van der Waals surface area contributed by atoms with Crippen LogP contribution in [0.1, 0.15) is 45.2 Å². The van der Waals surface area contributed by atoms with E-state index in [9.17, 15) is 4.79 Å². The van der Waals surface area contributed by atoms with Crippen molar-refractivity contribution in [3.8, 4) is 11.5 Å². The van der Waals surface area contributed by atoms with E-state index in [1.54, 1.807) is 0 Å². The van der Waals surface area contributed by atoms with E-state index in [4.69, 9.17) is 15.2 Å². The molecule has 7 heteroatoms. The largest absolute Gasteiger partial charge is 0.486 e. The first kappa shape index (κ1) is 21.1. The van der Waals surface area contributed by atoms with Crippen LogP contribution >= 0.6 is 28.3 Å². The summed E-state index contributed by atoms with van der Waals surface area (Å²) < 4.78 is 12.1. The predicted octanol–water partition coefficient (Wildman–Crippen LogP) is 3.58. The monoisotopic (exact) mass is 420 g/mol. The fraction of sp³-hybridized carbons (Fsp3) is 0.588. The Labute approximate surface area is 158 Å². The minimum absolute atomic E-state index is 0. The maximum Gasteiger partial charge on any atom is 0.227 e. The fourth-order valence-electron chi connectivity index (χ4n) is 2.79. The normalized spacial score (nSPS) is 14.5. The maximum absolute atomic E-state index is 12.7. The first-order valence-electron chi connectivity index (χ1n) is 8.07. The Kier molecular flexibility index (Phi) is 7.83. The van der Waals surface area contributed by atoms with Crippen LogP contribution < -0.4 is 20.5 Å². The van der Waals surface area contributed by atoms with Gasteiger partial charge in [-0.1, -0.05) is 29.8 Å². The lowest BCUT2D eigenvalue weighted by Gasteiger charge is -2.31. The summed E-state index contributed by atoms with van der Waals surface area (Å²) in [6.45, 7) is 7.40. The van der Waals surface area contributed by atoms with Gasteiger partial charge < -0.3 is 20.5 Å². The standard InChI is InChI=1S/C17H25BrN2O3.ClH/c1-4-17(5-2,10-19)16(21)20-11(3)12-8-14-15(9-13(12)18)23-7-6-22-14;/h8-9,11H,4-7,10,19H2,1-3H3,(H,20,21);1H. The first-order valence-corrected chi connectivity index (χ1v) is 8.86. The van der Waals surface area contributed by atoms with Crippen LogP contribution in [0.4, 0.5) is 0 Å². The number of carbonyl (C=O) groups is 1. The van der Waals surface area contributed by atoms with Crippen molar-refractivity contribution in [3.05, 3.63) is 22.2 Å². The van der Waals surface area contributed by atoms with E-state index < -0.39 is 5.41 Å². The summed E-state index contributed by atoms with van der Waals surface area (Å²) in [6.07, 6.45) is 1.45. The van der Waals surface area contributed by atoms with Crippen molar-refractivity contribution in [3.63, 3.8) is 0 Å².